The van der Waals surface area contributed by atoms with Gasteiger partial charge in [0.05, 0.1) is 12.7 Å². The van der Waals surface area contributed by atoms with Gasteiger partial charge in [0, 0.05) is 0 Å². The van der Waals surface area contributed by atoms with Crippen molar-refractivity contribution in [3.8, 4) is 5.75 Å². The lowest BCUT2D eigenvalue weighted by molar-refractivity contribution is -0.148. The van der Waals surface area contributed by atoms with Crippen molar-refractivity contribution in [3.63, 3.8) is 0 Å². The molecule has 29 heavy (non-hydrogen) atoms. The summed E-state index contributed by atoms with van der Waals surface area (Å²) < 4.78 is 5.32. The monoisotopic (exact) mass is 398 g/mol. The Hall–Kier alpha value is -2.33. The second-order valence-electron chi connectivity index (χ2n) is 9.55. The van der Waals surface area contributed by atoms with Crippen LogP contribution < -0.4 is 0 Å². The Morgan fingerprint density at radius 3 is 1.83 bits per heavy atom. The third-order valence-corrected chi connectivity index (χ3v) is 5.10. The first-order chi connectivity index (χ1) is 13.4. The van der Waals surface area contributed by atoms with Crippen molar-refractivity contribution in [1.29, 1.82) is 0 Å². The van der Waals surface area contributed by atoms with Crippen molar-refractivity contribution in [2.75, 3.05) is 6.61 Å². The smallest absolute Gasteiger partial charge is 0.316 e. The average molecular weight is 399 g/mol. The molecule has 0 fully saturated rings. The number of phenolic OH excluding ortho intramolecular Hbond substituents is 1. The number of aromatic hydroxyl groups is 1. The zero-order chi connectivity index (χ0) is 22.0. The van der Waals surface area contributed by atoms with Gasteiger partial charge in [-0.25, -0.2) is 0 Å². The molecule has 2 aromatic rings. The molecule has 0 amide bonds. The molecule has 0 saturated carbocycles. The summed E-state index contributed by atoms with van der Waals surface area (Å²) in [7, 11) is 0. The molecule has 0 aliphatic carbocycles. The first kappa shape index (κ1) is 23.0. The zero-order valence-corrected chi connectivity index (χ0v) is 18.6. The summed E-state index contributed by atoms with van der Waals surface area (Å²) in [5.41, 5.74) is 2.11. The van der Waals surface area contributed by atoms with Crippen molar-refractivity contribution in [1.82, 2.24) is 0 Å². The maximum Gasteiger partial charge on any atom is 0.316 e. The quantitative estimate of drug-likeness (QED) is 0.665. The van der Waals surface area contributed by atoms with Crippen LogP contribution in [0.15, 0.2) is 42.5 Å². The Labute approximate surface area is 174 Å². The van der Waals surface area contributed by atoms with Gasteiger partial charge in [0.25, 0.3) is 0 Å². The fourth-order valence-electron chi connectivity index (χ4n) is 3.50. The minimum absolute atomic E-state index is 0.229. The second kappa shape index (κ2) is 8.58. The SMILES string of the molecule is CCOC(=O)[C@H](c1cc(C(C)(C)C)c(O)c(C(C)(C)C)c1)[C@H](O)c1ccccc1. The van der Waals surface area contributed by atoms with E-state index < -0.39 is 18.0 Å². The highest BCUT2D eigenvalue weighted by Gasteiger charge is 2.35. The number of carbonyl (C=O) groups excluding carboxylic acids is 1. The molecule has 2 rings (SSSR count). The lowest BCUT2D eigenvalue weighted by Gasteiger charge is -2.30. The van der Waals surface area contributed by atoms with Crippen LogP contribution in [-0.2, 0) is 20.4 Å². The van der Waals surface area contributed by atoms with Crippen molar-refractivity contribution in [2.45, 2.75) is 71.3 Å². The number of hydrogen-bond donors (Lipinski definition) is 2. The van der Waals surface area contributed by atoms with E-state index in [0.717, 1.165) is 11.1 Å². The third kappa shape index (κ3) is 5.18. The molecule has 4 nitrogen and oxygen atoms in total. The van der Waals surface area contributed by atoms with Gasteiger partial charge in [0.15, 0.2) is 0 Å². The lowest BCUT2D eigenvalue weighted by atomic mass is 9.76. The molecule has 0 heterocycles. The number of phenols is 1. The molecule has 0 saturated heterocycles. The van der Waals surface area contributed by atoms with Crippen molar-refractivity contribution in [2.24, 2.45) is 0 Å². The number of carbonyl (C=O) groups is 1. The van der Waals surface area contributed by atoms with Crippen LogP contribution in [0.3, 0.4) is 0 Å². The van der Waals surface area contributed by atoms with Crippen LogP contribution in [0.25, 0.3) is 0 Å². The van der Waals surface area contributed by atoms with E-state index in [4.69, 9.17) is 4.74 Å². The molecule has 0 aromatic heterocycles. The minimum Gasteiger partial charge on any atom is -0.507 e. The van der Waals surface area contributed by atoms with Gasteiger partial charge in [-0.05, 0) is 40.0 Å². The van der Waals surface area contributed by atoms with Crippen LogP contribution in [0.5, 0.6) is 5.75 Å². The maximum atomic E-state index is 12.9. The fourth-order valence-corrected chi connectivity index (χ4v) is 3.50. The highest BCUT2D eigenvalue weighted by Crippen LogP contribution is 2.43. The van der Waals surface area contributed by atoms with Gasteiger partial charge in [-0.3, -0.25) is 4.79 Å². The second-order valence-corrected chi connectivity index (χ2v) is 9.55. The van der Waals surface area contributed by atoms with Crippen molar-refractivity contribution in [3.05, 3.63) is 64.7 Å². The standard InChI is InChI=1S/C25H34O4/c1-8-29-23(28)20(21(26)16-12-10-9-11-13-16)17-14-18(24(2,3)4)22(27)19(15-17)25(5,6)7/h9-15,20-21,26-27H,8H2,1-7H3/t20-,21-/m1/s1. The lowest BCUT2D eigenvalue weighted by Crippen LogP contribution is -2.25. The molecule has 0 aliphatic heterocycles. The van der Waals surface area contributed by atoms with Crippen LogP contribution in [0.2, 0.25) is 0 Å². The summed E-state index contributed by atoms with van der Waals surface area (Å²) in [6.07, 6.45) is -1.06. The third-order valence-electron chi connectivity index (χ3n) is 5.10. The van der Waals surface area contributed by atoms with E-state index in [-0.39, 0.29) is 23.2 Å². The average Bonchev–Trinajstić information content (AvgIpc) is 2.62. The molecule has 0 aliphatic rings. The molecule has 0 radical (unpaired) electrons. The zero-order valence-electron chi connectivity index (χ0n) is 18.6. The predicted molar refractivity (Wildman–Crippen MR) is 116 cm³/mol. The van der Waals surface area contributed by atoms with Crippen LogP contribution in [-0.4, -0.2) is 22.8 Å². The summed E-state index contributed by atoms with van der Waals surface area (Å²) in [6, 6.07) is 12.8. The molecular weight excluding hydrogens is 364 g/mol. The molecule has 0 spiro atoms. The number of rotatable bonds is 5. The molecule has 2 atom stereocenters. The summed E-state index contributed by atoms with van der Waals surface area (Å²) >= 11 is 0. The van der Waals surface area contributed by atoms with Gasteiger partial charge in [0.1, 0.15) is 11.7 Å². The Morgan fingerprint density at radius 2 is 1.41 bits per heavy atom. The van der Waals surface area contributed by atoms with Gasteiger partial charge in [-0.2, -0.15) is 0 Å². The van der Waals surface area contributed by atoms with Gasteiger partial charge in [-0.1, -0.05) is 84.0 Å². The Kier molecular flexibility index (Phi) is 6.79. The number of benzene rings is 2. The molecule has 158 valence electrons. The van der Waals surface area contributed by atoms with Crippen molar-refractivity contribution < 1.29 is 19.7 Å². The Morgan fingerprint density at radius 1 is 0.931 bits per heavy atom. The van der Waals surface area contributed by atoms with Gasteiger partial charge in [0.2, 0.25) is 0 Å². The molecule has 0 bridgehead atoms. The van der Waals surface area contributed by atoms with Crippen LogP contribution in [0.1, 0.15) is 82.7 Å². The number of aliphatic hydroxyl groups excluding tert-OH is 1. The number of esters is 1. The topological polar surface area (TPSA) is 66.8 Å². The molecule has 0 unspecified atom stereocenters. The van der Waals surface area contributed by atoms with Crippen LogP contribution >= 0.6 is 0 Å². The van der Waals surface area contributed by atoms with E-state index >= 15 is 0 Å². The Balaban J connectivity index is 2.74. The largest absolute Gasteiger partial charge is 0.507 e. The molecule has 4 heteroatoms. The summed E-state index contributed by atoms with van der Waals surface area (Å²) in [6.45, 7) is 14.1. The van der Waals surface area contributed by atoms with E-state index in [0.29, 0.717) is 11.1 Å². The minimum atomic E-state index is -1.06. The maximum absolute atomic E-state index is 12.9. The van der Waals surface area contributed by atoms with Gasteiger partial charge in [-0.15, -0.1) is 0 Å². The first-order valence-electron chi connectivity index (χ1n) is 10.2. The first-order valence-corrected chi connectivity index (χ1v) is 10.2. The highest BCUT2D eigenvalue weighted by molar-refractivity contribution is 5.80. The molecular formula is C25H34O4. The van der Waals surface area contributed by atoms with E-state index in [1.165, 1.54) is 0 Å². The predicted octanol–water partition coefficient (Wildman–Crippen LogP) is 5.37. The van der Waals surface area contributed by atoms with Crippen LogP contribution in [0.4, 0.5) is 0 Å². The van der Waals surface area contributed by atoms with E-state index in [1.54, 1.807) is 19.1 Å². The highest BCUT2D eigenvalue weighted by atomic mass is 16.5. The van der Waals surface area contributed by atoms with Gasteiger partial charge >= 0.3 is 5.97 Å². The fraction of sp³-hybridized carbons (Fsp3) is 0.480. The molecule has 2 N–H and O–H groups in total. The Bertz CT molecular complexity index is 806. The summed E-state index contributed by atoms with van der Waals surface area (Å²) in [5, 5.41) is 22.1. The van der Waals surface area contributed by atoms with Gasteiger partial charge < -0.3 is 14.9 Å². The number of hydrogen-bond acceptors (Lipinski definition) is 4. The summed E-state index contributed by atoms with van der Waals surface area (Å²) in [4.78, 5) is 12.9. The van der Waals surface area contributed by atoms with Crippen LogP contribution in [0, 0.1) is 0 Å². The molecule has 2 aromatic carbocycles. The van der Waals surface area contributed by atoms with E-state index in [1.807, 2.05) is 71.9 Å². The number of ether oxygens (including phenoxy) is 1. The number of aliphatic hydroxyl groups is 1. The normalized spacial score (nSPS) is 14.3. The van der Waals surface area contributed by atoms with Crippen molar-refractivity contribution >= 4 is 5.97 Å². The van der Waals surface area contributed by atoms with E-state index in [2.05, 4.69) is 0 Å². The van der Waals surface area contributed by atoms with E-state index in [9.17, 15) is 15.0 Å². The summed E-state index contributed by atoms with van der Waals surface area (Å²) in [5.74, 6) is -1.13.